The van der Waals surface area contributed by atoms with Crippen LogP contribution in [0.15, 0.2) is 17.0 Å². The van der Waals surface area contributed by atoms with Gasteiger partial charge >= 0.3 is 5.97 Å². The summed E-state index contributed by atoms with van der Waals surface area (Å²) in [6.45, 7) is 3.04. The van der Waals surface area contributed by atoms with Crippen molar-refractivity contribution in [1.82, 2.24) is 4.31 Å². The summed E-state index contributed by atoms with van der Waals surface area (Å²) in [5.74, 6) is -0.630. The molecule has 0 aliphatic rings. The van der Waals surface area contributed by atoms with E-state index in [0.717, 1.165) is 4.31 Å². The van der Waals surface area contributed by atoms with Crippen LogP contribution in [-0.4, -0.2) is 39.4 Å². The van der Waals surface area contributed by atoms with Crippen molar-refractivity contribution in [3.05, 3.63) is 23.3 Å². The van der Waals surface area contributed by atoms with Gasteiger partial charge in [-0.1, -0.05) is 12.1 Å². The minimum absolute atomic E-state index is 0.0407. The third-order valence-corrected chi connectivity index (χ3v) is 4.87. The van der Waals surface area contributed by atoms with Crippen LogP contribution in [0.2, 0.25) is 0 Å². The molecule has 0 spiro atoms. The number of rotatable bonds is 4. The van der Waals surface area contributed by atoms with E-state index in [2.05, 4.69) is 4.74 Å². The molecule has 6 nitrogen and oxygen atoms in total. The zero-order valence-electron chi connectivity index (χ0n) is 11.4. The van der Waals surface area contributed by atoms with Crippen LogP contribution in [0.25, 0.3) is 0 Å². The lowest BCUT2D eigenvalue weighted by molar-refractivity contribution is -0.140. The van der Waals surface area contributed by atoms with Crippen molar-refractivity contribution in [3.63, 3.8) is 0 Å². The molecule has 0 atom stereocenters. The minimum Gasteiger partial charge on any atom is -0.468 e. The van der Waals surface area contributed by atoms with Gasteiger partial charge in [0.15, 0.2) is 0 Å². The minimum atomic E-state index is -3.82. The average Bonchev–Trinajstić information content (AvgIpc) is 2.33. The fraction of sp³-hybridized carbons (Fsp3) is 0.417. The monoisotopic (exact) mass is 286 g/mol. The van der Waals surface area contributed by atoms with Gasteiger partial charge in [-0.25, -0.2) is 8.42 Å². The number of aryl methyl sites for hydroxylation is 2. The van der Waals surface area contributed by atoms with Crippen LogP contribution < -0.4 is 5.73 Å². The maximum atomic E-state index is 12.4. The van der Waals surface area contributed by atoms with Crippen molar-refractivity contribution in [1.29, 1.82) is 0 Å². The Labute approximate surface area is 113 Å². The van der Waals surface area contributed by atoms with Crippen molar-refractivity contribution >= 4 is 21.7 Å². The van der Waals surface area contributed by atoms with E-state index in [1.54, 1.807) is 26.0 Å². The van der Waals surface area contributed by atoms with Gasteiger partial charge in [-0.05, 0) is 25.0 Å². The van der Waals surface area contributed by atoms with Crippen LogP contribution in [0.3, 0.4) is 0 Å². The first-order chi connectivity index (χ1) is 8.71. The molecular weight excluding hydrogens is 268 g/mol. The summed E-state index contributed by atoms with van der Waals surface area (Å²) in [5, 5.41) is 0. The summed E-state index contributed by atoms with van der Waals surface area (Å²) >= 11 is 0. The highest BCUT2D eigenvalue weighted by molar-refractivity contribution is 7.89. The summed E-state index contributed by atoms with van der Waals surface area (Å²) in [5.41, 5.74) is 7.27. The van der Waals surface area contributed by atoms with Gasteiger partial charge in [0, 0.05) is 7.05 Å². The maximum Gasteiger partial charge on any atom is 0.321 e. The predicted molar refractivity (Wildman–Crippen MR) is 72.2 cm³/mol. The summed E-state index contributed by atoms with van der Waals surface area (Å²) in [6, 6.07) is 3.44. The number of anilines is 1. The number of hydrogen-bond donors (Lipinski definition) is 1. The molecule has 0 fully saturated rings. The van der Waals surface area contributed by atoms with E-state index in [1.165, 1.54) is 14.2 Å². The molecule has 0 heterocycles. The zero-order valence-corrected chi connectivity index (χ0v) is 12.2. The van der Waals surface area contributed by atoms with Crippen LogP contribution in [0.4, 0.5) is 5.69 Å². The SMILES string of the molecule is COC(=O)CN(C)S(=O)(=O)c1c(C)ccc(C)c1N. The van der Waals surface area contributed by atoms with Crippen molar-refractivity contribution < 1.29 is 17.9 Å². The van der Waals surface area contributed by atoms with Crippen LogP contribution >= 0.6 is 0 Å². The van der Waals surface area contributed by atoms with Crippen LogP contribution in [0.1, 0.15) is 11.1 Å². The summed E-state index contributed by atoms with van der Waals surface area (Å²) in [7, 11) is -1.30. The van der Waals surface area contributed by atoms with Crippen molar-refractivity contribution in [2.45, 2.75) is 18.7 Å². The normalized spacial score (nSPS) is 11.6. The van der Waals surface area contributed by atoms with Crippen molar-refractivity contribution in [2.75, 3.05) is 26.4 Å². The third kappa shape index (κ3) is 3.05. The summed E-state index contributed by atoms with van der Waals surface area (Å²) < 4.78 is 30.2. The Hall–Kier alpha value is -1.60. The topological polar surface area (TPSA) is 89.7 Å². The van der Waals surface area contributed by atoms with Gasteiger partial charge < -0.3 is 10.5 Å². The molecule has 0 bridgehead atoms. The molecule has 0 unspecified atom stereocenters. The highest BCUT2D eigenvalue weighted by atomic mass is 32.2. The molecule has 7 heteroatoms. The van der Waals surface area contributed by atoms with Crippen LogP contribution in [0.5, 0.6) is 0 Å². The number of hydrogen-bond acceptors (Lipinski definition) is 5. The molecule has 0 saturated carbocycles. The maximum absolute atomic E-state index is 12.4. The van der Waals surface area contributed by atoms with Gasteiger partial charge in [-0.2, -0.15) is 4.31 Å². The first kappa shape index (κ1) is 15.5. The van der Waals surface area contributed by atoms with Crippen molar-refractivity contribution in [2.24, 2.45) is 0 Å². The number of carbonyl (C=O) groups excluding carboxylic acids is 1. The van der Waals surface area contributed by atoms with E-state index in [0.29, 0.717) is 11.1 Å². The van der Waals surface area contributed by atoms with Gasteiger partial charge in [0.25, 0.3) is 0 Å². The quantitative estimate of drug-likeness (QED) is 0.649. The van der Waals surface area contributed by atoms with Gasteiger partial charge in [0.1, 0.15) is 11.4 Å². The Morgan fingerprint density at radius 2 is 1.84 bits per heavy atom. The largest absolute Gasteiger partial charge is 0.468 e. The number of esters is 1. The molecule has 0 radical (unpaired) electrons. The molecule has 0 saturated heterocycles. The smallest absolute Gasteiger partial charge is 0.321 e. The number of methoxy groups -OCH3 is 1. The van der Waals surface area contributed by atoms with E-state index in [4.69, 9.17) is 5.73 Å². The van der Waals surface area contributed by atoms with Gasteiger partial charge in [0.2, 0.25) is 10.0 Å². The number of sulfonamides is 1. The molecule has 1 rings (SSSR count). The number of likely N-dealkylation sites (N-methyl/N-ethyl adjacent to an activating group) is 1. The zero-order chi connectivity index (χ0) is 14.8. The molecule has 0 aliphatic heterocycles. The number of carbonyl (C=O) groups is 1. The molecule has 1 aromatic carbocycles. The molecule has 0 amide bonds. The average molecular weight is 286 g/mol. The lowest BCUT2D eigenvalue weighted by Gasteiger charge is -2.19. The number of nitrogens with zero attached hydrogens (tertiary/aromatic N) is 1. The Bertz CT molecular complexity index is 596. The Morgan fingerprint density at radius 3 is 2.37 bits per heavy atom. The highest BCUT2D eigenvalue weighted by Crippen LogP contribution is 2.28. The predicted octanol–water partition coefficient (Wildman–Crippen LogP) is 0.679. The molecule has 0 aliphatic carbocycles. The van der Waals surface area contributed by atoms with Gasteiger partial charge in [0.05, 0.1) is 12.8 Å². The number of benzene rings is 1. The van der Waals surface area contributed by atoms with Crippen LogP contribution in [0, 0.1) is 13.8 Å². The Morgan fingerprint density at radius 1 is 1.32 bits per heavy atom. The van der Waals surface area contributed by atoms with E-state index >= 15 is 0 Å². The standard InChI is InChI=1S/C12H18N2O4S/c1-8-5-6-9(2)12(11(8)13)19(16,17)14(3)7-10(15)18-4/h5-6H,7,13H2,1-4H3. The number of ether oxygens (including phenoxy) is 1. The van der Waals surface area contributed by atoms with Crippen LogP contribution in [-0.2, 0) is 19.6 Å². The van der Waals surface area contributed by atoms with E-state index in [1.807, 2.05) is 0 Å². The molecule has 1 aromatic rings. The summed E-state index contributed by atoms with van der Waals surface area (Å²) in [4.78, 5) is 11.2. The fourth-order valence-corrected chi connectivity index (χ4v) is 3.14. The first-order valence-corrected chi connectivity index (χ1v) is 7.04. The molecule has 2 N–H and O–H groups in total. The fourth-order valence-electron chi connectivity index (χ4n) is 1.64. The molecule has 106 valence electrons. The Balaban J connectivity index is 3.28. The number of nitrogen functional groups attached to an aromatic ring is 1. The third-order valence-electron chi connectivity index (χ3n) is 2.86. The lowest BCUT2D eigenvalue weighted by Crippen LogP contribution is -2.33. The van der Waals surface area contributed by atoms with E-state index in [9.17, 15) is 13.2 Å². The van der Waals surface area contributed by atoms with E-state index in [-0.39, 0.29) is 17.1 Å². The van der Waals surface area contributed by atoms with E-state index < -0.39 is 16.0 Å². The second-order valence-electron chi connectivity index (χ2n) is 4.28. The second-order valence-corrected chi connectivity index (χ2v) is 6.26. The molecule has 19 heavy (non-hydrogen) atoms. The Kier molecular flexibility index (Phi) is 4.54. The van der Waals surface area contributed by atoms with Gasteiger partial charge in [-0.15, -0.1) is 0 Å². The summed E-state index contributed by atoms with van der Waals surface area (Å²) in [6.07, 6.45) is 0. The lowest BCUT2D eigenvalue weighted by atomic mass is 10.1. The number of nitrogens with two attached hydrogens (primary N) is 1. The first-order valence-electron chi connectivity index (χ1n) is 5.60. The van der Waals surface area contributed by atoms with Gasteiger partial charge in [-0.3, -0.25) is 4.79 Å². The second kappa shape index (κ2) is 5.58. The molecule has 0 aromatic heterocycles. The highest BCUT2D eigenvalue weighted by Gasteiger charge is 2.27. The van der Waals surface area contributed by atoms with Crippen molar-refractivity contribution in [3.8, 4) is 0 Å². The molecular formula is C12H18N2O4S.